The maximum atomic E-state index is 6.05. The number of hydrogen-bond donors (Lipinski definition) is 1. The molecule has 1 aromatic heterocycles. The molecule has 0 unspecified atom stereocenters. The first-order valence-electron chi connectivity index (χ1n) is 8.28. The zero-order valence-corrected chi connectivity index (χ0v) is 14.1. The summed E-state index contributed by atoms with van der Waals surface area (Å²) < 4.78 is 2.03. The normalized spacial score (nSPS) is 18.7. The summed E-state index contributed by atoms with van der Waals surface area (Å²) in [6.45, 7) is 2.11. The molecule has 2 aliphatic rings. The molecule has 1 aliphatic heterocycles. The fraction of sp³-hybridized carbons (Fsp3) is 0.263. The first-order valence-corrected chi connectivity index (χ1v) is 8.66. The van der Waals surface area contributed by atoms with Gasteiger partial charge in [-0.1, -0.05) is 35.4 Å². The number of anilines is 1. The molecule has 24 heavy (non-hydrogen) atoms. The smallest absolute Gasteiger partial charge is 0.163 e. The van der Waals surface area contributed by atoms with Gasteiger partial charge in [0.1, 0.15) is 6.17 Å². The number of nitrogens with zero attached hydrogens (tertiary/aromatic N) is 3. The third-order valence-electron chi connectivity index (χ3n) is 4.73. The number of fused-ring (bicyclic) bond motifs is 3. The average Bonchev–Trinajstić information content (AvgIpc) is 3.34. The first kappa shape index (κ1) is 14.1. The van der Waals surface area contributed by atoms with Crippen LogP contribution < -0.4 is 5.32 Å². The highest BCUT2D eigenvalue weighted by atomic mass is 35.5. The summed E-state index contributed by atoms with van der Waals surface area (Å²) in [5.74, 6) is 2.46. The van der Waals surface area contributed by atoms with Crippen LogP contribution in [0.3, 0.4) is 0 Å². The molecule has 0 saturated heterocycles. The molecule has 0 spiro atoms. The molecular weight excluding hydrogens is 320 g/mol. The maximum Gasteiger partial charge on any atom is 0.163 e. The third kappa shape index (κ3) is 2.21. The van der Waals surface area contributed by atoms with Gasteiger partial charge in [0.15, 0.2) is 11.6 Å². The van der Waals surface area contributed by atoms with Crippen molar-refractivity contribution in [1.29, 1.82) is 0 Å². The summed E-state index contributed by atoms with van der Waals surface area (Å²) in [6, 6.07) is 14.4. The van der Waals surface area contributed by atoms with Gasteiger partial charge >= 0.3 is 0 Å². The van der Waals surface area contributed by atoms with Gasteiger partial charge in [0.25, 0.3) is 0 Å². The largest absolute Gasteiger partial charge is 0.359 e. The zero-order chi connectivity index (χ0) is 16.3. The van der Waals surface area contributed by atoms with E-state index in [1.165, 1.54) is 18.4 Å². The van der Waals surface area contributed by atoms with Crippen LogP contribution >= 0.6 is 11.6 Å². The van der Waals surface area contributed by atoms with Crippen molar-refractivity contribution >= 4 is 17.3 Å². The van der Waals surface area contributed by atoms with Gasteiger partial charge in [0, 0.05) is 22.2 Å². The minimum atomic E-state index is -0.0625. The fourth-order valence-corrected chi connectivity index (χ4v) is 3.39. The highest BCUT2D eigenvalue weighted by Gasteiger charge is 2.33. The predicted octanol–water partition coefficient (Wildman–Crippen LogP) is 4.76. The number of rotatable bonds is 2. The molecule has 2 aromatic carbocycles. The summed E-state index contributed by atoms with van der Waals surface area (Å²) in [6.07, 6.45) is 2.33. The second-order valence-electron chi connectivity index (χ2n) is 6.66. The standard InChI is InChI=1S/C19H17ClN4/c1-11-2-9-16-15(10-11)19-22-17(12-3-4-12)23-24(19)18(21-16)13-5-7-14(20)8-6-13/h2,5-10,12,18,21H,3-4H2,1H3/t18-/m1/s1. The van der Waals surface area contributed by atoms with E-state index in [4.69, 9.17) is 21.7 Å². The summed E-state index contributed by atoms with van der Waals surface area (Å²) in [7, 11) is 0. The highest BCUT2D eigenvalue weighted by Crippen LogP contribution is 2.42. The van der Waals surface area contributed by atoms with Gasteiger partial charge in [0.05, 0.1) is 0 Å². The lowest BCUT2D eigenvalue weighted by molar-refractivity contribution is 0.567. The van der Waals surface area contributed by atoms with E-state index < -0.39 is 0 Å². The van der Waals surface area contributed by atoms with Crippen LogP contribution in [-0.4, -0.2) is 14.8 Å². The van der Waals surface area contributed by atoms with E-state index in [1.807, 2.05) is 28.9 Å². The number of aryl methyl sites for hydroxylation is 1. The quantitative estimate of drug-likeness (QED) is 0.734. The van der Waals surface area contributed by atoms with Gasteiger partial charge < -0.3 is 5.32 Å². The monoisotopic (exact) mass is 336 g/mol. The van der Waals surface area contributed by atoms with Crippen molar-refractivity contribution in [2.24, 2.45) is 0 Å². The van der Waals surface area contributed by atoms with Gasteiger partial charge in [-0.15, -0.1) is 0 Å². The Bertz CT molecular complexity index is 925. The van der Waals surface area contributed by atoms with Crippen molar-refractivity contribution in [3.05, 3.63) is 64.4 Å². The second-order valence-corrected chi connectivity index (χ2v) is 7.10. The van der Waals surface area contributed by atoms with Crippen LogP contribution in [0.15, 0.2) is 42.5 Å². The molecule has 1 fully saturated rings. The van der Waals surface area contributed by atoms with Crippen molar-refractivity contribution in [3.8, 4) is 11.4 Å². The zero-order valence-electron chi connectivity index (χ0n) is 13.3. The molecule has 1 aliphatic carbocycles. The molecular formula is C19H17ClN4. The Morgan fingerprint density at radius 2 is 1.92 bits per heavy atom. The Hall–Kier alpha value is -2.33. The molecule has 1 saturated carbocycles. The Labute approximate surface area is 145 Å². The van der Waals surface area contributed by atoms with Crippen LogP contribution in [0.25, 0.3) is 11.4 Å². The van der Waals surface area contributed by atoms with Gasteiger partial charge in [-0.05, 0) is 49.6 Å². The molecule has 120 valence electrons. The number of halogens is 1. The summed E-state index contributed by atoms with van der Waals surface area (Å²) in [5.41, 5.74) is 4.57. The Morgan fingerprint density at radius 3 is 2.67 bits per heavy atom. The molecule has 1 N–H and O–H groups in total. The summed E-state index contributed by atoms with van der Waals surface area (Å²) >= 11 is 6.05. The second kappa shape index (κ2) is 5.08. The van der Waals surface area contributed by atoms with E-state index in [0.717, 1.165) is 33.5 Å². The van der Waals surface area contributed by atoms with Crippen molar-refractivity contribution in [3.63, 3.8) is 0 Å². The van der Waals surface area contributed by atoms with Crippen molar-refractivity contribution in [2.75, 3.05) is 5.32 Å². The molecule has 5 rings (SSSR count). The van der Waals surface area contributed by atoms with E-state index in [0.29, 0.717) is 5.92 Å². The van der Waals surface area contributed by atoms with E-state index in [2.05, 4.69) is 30.4 Å². The van der Waals surface area contributed by atoms with E-state index >= 15 is 0 Å². The fourth-order valence-electron chi connectivity index (χ4n) is 3.26. The lowest BCUT2D eigenvalue weighted by Crippen LogP contribution is -2.26. The Morgan fingerprint density at radius 1 is 1.12 bits per heavy atom. The van der Waals surface area contributed by atoms with Crippen LogP contribution in [0.1, 0.15) is 41.9 Å². The molecule has 0 amide bonds. The molecule has 5 heteroatoms. The Balaban J connectivity index is 1.68. The van der Waals surface area contributed by atoms with Gasteiger partial charge in [-0.3, -0.25) is 0 Å². The predicted molar refractivity (Wildman–Crippen MR) is 95.4 cm³/mol. The topological polar surface area (TPSA) is 42.7 Å². The highest BCUT2D eigenvalue weighted by molar-refractivity contribution is 6.30. The molecule has 0 radical (unpaired) electrons. The first-order chi connectivity index (χ1) is 11.7. The van der Waals surface area contributed by atoms with Crippen LogP contribution in [-0.2, 0) is 0 Å². The minimum Gasteiger partial charge on any atom is -0.359 e. The molecule has 4 nitrogen and oxygen atoms in total. The van der Waals surface area contributed by atoms with E-state index in [1.54, 1.807) is 0 Å². The number of benzene rings is 2. The van der Waals surface area contributed by atoms with E-state index in [9.17, 15) is 0 Å². The number of aromatic nitrogens is 3. The number of nitrogens with one attached hydrogen (secondary N) is 1. The summed E-state index contributed by atoms with van der Waals surface area (Å²) in [5, 5.41) is 9.18. The molecule has 1 atom stereocenters. The number of hydrogen-bond acceptors (Lipinski definition) is 3. The maximum absolute atomic E-state index is 6.05. The third-order valence-corrected chi connectivity index (χ3v) is 4.98. The van der Waals surface area contributed by atoms with E-state index in [-0.39, 0.29) is 6.17 Å². The van der Waals surface area contributed by atoms with Crippen molar-refractivity contribution < 1.29 is 0 Å². The minimum absolute atomic E-state index is 0.0625. The molecule has 0 bridgehead atoms. The van der Waals surface area contributed by atoms with Crippen LogP contribution in [0.5, 0.6) is 0 Å². The van der Waals surface area contributed by atoms with Crippen LogP contribution in [0.2, 0.25) is 5.02 Å². The lowest BCUT2D eigenvalue weighted by atomic mass is 10.0. The average molecular weight is 337 g/mol. The van der Waals surface area contributed by atoms with Crippen LogP contribution in [0.4, 0.5) is 5.69 Å². The lowest BCUT2D eigenvalue weighted by Gasteiger charge is -2.28. The van der Waals surface area contributed by atoms with Crippen molar-refractivity contribution in [2.45, 2.75) is 31.8 Å². The van der Waals surface area contributed by atoms with Crippen LogP contribution in [0, 0.1) is 6.92 Å². The van der Waals surface area contributed by atoms with Gasteiger partial charge in [0.2, 0.25) is 0 Å². The SMILES string of the molecule is Cc1ccc2c(c1)-c1nc(C3CC3)nn1[C@H](c1ccc(Cl)cc1)N2. The van der Waals surface area contributed by atoms with Gasteiger partial charge in [-0.25, -0.2) is 9.67 Å². The molecule has 3 aromatic rings. The molecule has 2 heterocycles. The van der Waals surface area contributed by atoms with Crippen molar-refractivity contribution in [1.82, 2.24) is 14.8 Å². The van der Waals surface area contributed by atoms with Gasteiger partial charge in [-0.2, -0.15) is 5.10 Å². The Kier molecular flexibility index (Phi) is 2.98. The summed E-state index contributed by atoms with van der Waals surface area (Å²) in [4.78, 5) is 4.87.